The number of rotatable bonds is 2. The number of nitrogens with one attached hydrogen (secondary N) is 1. The number of carbonyl (C=O) groups excluding carboxylic acids is 1. The van der Waals surface area contributed by atoms with Crippen LogP contribution in [0, 0.1) is 0 Å². The first-order chi connectivity index (χ1) is 8.95. The monoisotopic (exact) mass is 280 g/mol. The lowest BCUT2D eigenvalue weighted by Crippen LogP contribution is -2.32. The van der Waals surface area contributed by atoms with Gasteiger partial charge in [0.1, 0.15) is 5.25 Å². The quantitative estimate of drug-likeness (QED) is 0.804. The van der Waals surface area contributed by atoms with Crippen LogP contribution in [0.5, 0.6) is 0 Å². The molecule has 1 aliphatic rings. The molecular formula is C11H12N4O3S. The number of fused-ring (bicyclic) bond motifs is 1. The summed E-state index contributed by atoms with van der Waals surface area (Å²) in [5.74, 6) is 0.0652. The van der Waals surface area contributed by atoms with Crippen molar-refractivity contribution in [1.82, 2.24) is 9.97 Å². The van der Waals surface area contributed by atoms with Crippen LogP contribution in [0.4, 0.5) is 5.95 Å². The molecule has 0 radical (unpaired) electrons. The highest BCUT2D eigenvalue weighted by atomic mass is 32.2. The van der Waals surface area contributed by atoms with E-state index in [0.717, 1.165) is 11.0 Å². The Kier molecular flexibility index (Phi) is 2.58. The number of benzene rings is 1. The first kappa shape index (κ1) is 12.1. The predicted molar refractivity (Wildman–Crippen MR) is 70.0 cm³/mol. The molecule has 100 valence electrons. The zero-order valence-corrected chi connectivity index (χ0v) is 10.7. The normalized spacial score (nSPS) is 20.4. The van der Waals surface area contributed by atoms with Gasteiger partial charge in [-0.05, 0) is 12.1 Å². The van der Waals surface area contributed by atoms with Crippen molar-refractivity contribution >= 4 is 32.9 Å². The van der Waals surface area contributed by atoms with Crippen molar-refractivity contribution in [2.75, 3.05) is 11.4 Å². The molecule has 1 aromatic heterocycles. The van der Waals surface area contributed by atoms with E-state index in [0.29, 0.717) is 5.95 Å². The number of aromatic nitrogens is 2. The molecule has 0 saturated carbocycles. The Morgan fingerprint density at radius 1 is 1.37 bits per heavy atom. The van der Waals surface area contributed by atoms with E-state index in [-0.39, 0.29) is 18.9 Å². The van der Waals surface area contributed by atoms with Crippen molar-refractivity contribution in [3.05, 3.63) is 24.3 Å². The van der Waals surface area contributed by atoms with Gasteiger partial charge in [0.2, 0.25) is 21.9 Å². The molecule has 2 aromatic rings. The van der Waals surface area contributed by atoms with E-state index in [1.807, 2.05) is 24.3 Å². The Labute approximate surface area is 109 Å². The van der Waals surface area contributed by atoms with Gasteiger partial charge in [0.05, 0.1) is 11.0 Å². The van der Waals surface area contributed by atoms with Gasteiger partial charge in [0.25, 0.3) is 0 Å². The second-order valence-corrected chi connectivity index (χ2v) is 6.34. The number of amides is 1. The van der Waals surface area contributed by atoms with Crippen LogP contribution in [0.25, 0.3) is 11.0 Å². The third kappa shape index (κ3) is 2.08. The SMILES string of the molecule is NS(=O)(=O)C1CC(=O)N(c2nc3ccccc3[nH]2)C1. The number of hydrogen-bond donors (Lipinski definition) is 2. The summed E-state index contributed by atoms with van der Waals surface area (Å²) in [6, 6.07) is 7.34. The van der Waals surface area contributed by atoms with Crippen LogP contribution in [0.3, 0.4) is 0 Å². The fourth-order valence-corrected chi connectivity index (χ4v) is 2.90. The van der Waals surface area contributed by atoms with Crippen LogP contribution in [0.1, 0.15) is 6.42 Å². The number of imidazole rings is 1. The molecule has 8 heteroatoms. The molecule has 1 unspecified atom stereocenters. The Bertz CT molecular complexity index is 719. The van der Waals surface area contributed by atoms with E-state index in [1.54, 1.807) is 0 Å². The molecule has 1 atom stereocenters. The van der Waals surface area contributed by atoms with E-state index in [9.17, 15) is 13.2 Å². The number of aromatic amines is 1. The summed E-state index contributed by atoms with van der Waals surface area (Å²) in [7, 11) is -3.71. The zero-order valence-electron chi connectivity index (χ0n) is 9.91. The average molecular weight is 280 g/mol. The molecular weight excluding hydrogens is 268 g/mol. The molecule has 1 aliphatic heterocycles. The molecule has 1 amide bonds. The lowest BCUT2D eigenvalue weighted by atomic mass is 10.3. The van der Waals surface area contributed by atoms with Crippen LogP contribution in [-0.4, -0.2) is 36.1 Å². The number of sulfonamides is 1. The maximum Gasteiger partial charge on any atom is 0.230 e. The van der Waals surface area contributed by atoms with E-state index in [1.165, 1.54) is 4.90 Å². The van der Waals surface area contributed by atoms with Crippen molar-refractivity contribution in [3.63, 3.8) is 0 Å². The van der Waals surface area contributed by atoms with E-state index < -0.39 is 15.3 Å². The van der Waals surface area contributed by atoms with E-state index >= 15 is 0 Å². The van der Waals surface area contributed by atoms with Gasteiger partial charge < -0.3 is 4.98 Å². The number of hydrogen-bond acceptors (Lipinski definition) is 4. The molecule has 0 spiro atoms. The van der Waals surface area contributed by atoms with Gasteiger partial charge in [-0.25, -0.2) is 18.5 Å². The van der Waals surface area contributed by atoms with Crippen LogP contribution in [-0.2, 0) is 14.8 Å². The highest BCUT2D eigenvalue weighted by Gasteiger charge is 2.38. The lowest BCUT2D eigenvalue weighted by Gasteiger charge is -2.11. The predicted octanol–water partition coefficient (Wildman–Crippen LogP) is -0.0433. The molecule has 3 rings (SSSR count). The second kappa shape index (κ2) is 4.04. The lowest BCUT2D eigenvalue weighted by molar-refractivity contribution is -0.117. The number of carbonyl (C=O) groups is 1. The summed E-state index contributed by atoms with van der Waals surface area (Å²) in [5, 5.41) is 4.21. The minimum Gasteiger partial charge on any atom is -0.324 e. The van der Waals surface area contributed by atoms with Crippen LogP contribution >= 0.6 is 0 Å². The Morgan fingerprint density at radius 2 is 2.11 bits per heavy atom. The second-order valence-electron chi connectivity index (χ2n) is 4.50. The van der Waals surface area contributed by atoms with Gasteiger partial charge in [-0.2, -0.15) is 0 Å². The maximum absolute atomic E-state index is 11.9. The summed E-state index contributed by atoms with van der Waals surface area (Å²) in [5.41, 5.74) is 1.52. The molecule has 3 N–H and O–H groups in total. The number of nitrogens with two attached hydrogens (primary N) is 1. The molecule has 19 heavy (non-hydrogen) atoms. The molecule has 1 saturated heterocycles. The topological polar surface area (TPSA) is 109 Å². The van der Waals surface area contributed by atoms with Crippen molar-refractivity contribution in [1.29, 1.82) is 0 Å². The standard InChI is InChI=1S/C11H12N4O3S/c12-19(17,18)7-5-10(16)15(6-7)11-13-8-3-1-2-4-9(8)14-11/h1-4,7H,5-6H2,(H,13,14)(H2,12,17,18). The third-order valence-electron chi connectivity index (χ3n) is 3.19. The number of para-hydroxylation sites is 2. The third-order valence-corrected chi connectivity index (χ3v) is 4.43. The van der Waals surface area contributed by atoms with E-state index in [4.69, 9.17) is 5.14 Å². The van der Waals surface area contributed by atoms with E-state index in [2.05, 4.69) is 9.97 Å². The summed E-state index contributed by atoms with van der Waals surface area (Å²) in [6.45, 7) is 0.0392. The Hall–Kier alpha value is -1.93. The van der Waals surface area contributed by atoms with Crippen LogP contribution < -0.4 is 10.0 Å². The van der Waals surface area contributed by atoms with Crippen LogP contribution in [0.2, 0.25) is 0 Å². The Balaban J connectivity index is 1.96. The number of primary sulfonamides is 1. The van der Waals surface area contributed by atoms with Crippen molar-refractivity contribution in [2.24, 2.45) is 5.14 Å². The number of nitrogens with zero attached hydrogens (tertiary/aromatic N) is 2. The summed E-state index contributed by atoms with van der Waals surface area (Å²) < 4.78 is 22.6. The molecule has 7 nitrogen and oxygen atoms in total. The molecule has 2 heterocycles. The van der Waals surface area contributed by atoms with Gasteiger partial charge >= 0.3 is 0 Å². The van der Waals surface area contributed by atoms with Gasteiger partial charge in [-0.15, -0.1) is 0 Å². The summed E-state index contributed by atoms with van der Waals surface area (Å²) >= 11 is 0. The maximum atomic E-state index is 11.9. The first-order valence-corrected chi connectivity index (χ1v) is 7.33. The zero-order chi connectivity index (χ0) is 13.6. The number of H-pyrrole nitrogens is 1. The fourth-order valence-electron chi connectivity index (χ4n) is 2.17. The average Bonchev–Trinajstić information content (AvgIpc) is 2.90. The van der Waals surface area contributed by atoms with Crippen LogP contribution in [0.15, 0.2) is 24.3 Å². The Morgan fingerprint density at radius 3 is 2.74 bits per heavy atom. The number of anilines is 1. The van der Waals surface area contributed by atoms with Crippen molar-refractivity contribution in [2.45, 2.75) is 11.7 Å². The minimum atomic E-state index is -3.71. The highest BCUT2D eigenvalue weighted by Crippen LogP contribution is 2.24. The fraction of sp³-hybridized carbons (Fsp3) is 0.273. The minimum absolute atomic E-state index is 0.0392. The van der Waals surface area contributed by atoms with Gasteiger partial charge in [0, 0.05) is 13.0 Å². The molecule has 0 bridgehead atoms. The summed E-state index contributed by atoms with van der Waals surface area (Å²) in [6.07, 6.45) is -0.101. The van der Waals surface area contributed by atoms with Gasteiger partial charge in [-0.3, -0.25) is 9.69 Å². The highest BCUT2D eigenvalue weighted by molar-refractivity contribution is 7.89. The largest absolute Gasteiger partial charge is 0.324 e. The molecule has 1 aromatic carbocycles. The smallest absolute Gasteiger partial charge is 0.230 e. The van der Waals surface area contributed by atoms with Crippen molar-refractivity contribution in [3.8, 4) is 0 Å². The molecule has 1 fully saturated rings. The van der Waals surface area contributed by atoms with Gasteiger partial charge in [-0.1, -0.05) is 12.1 Å². The van der Waals surface area contributed by atoms with Gasteiger partial charge in [0.15, 0.2) is 0 Å². The molecule has 0 aliphatic carbocycles. The van der Waals surface area contributed by atoms with Crippen molar-refractivity contribution < 1.29 is 13.2 Å². The summed E-state index contributed by atoms with van der Waals surface area (Å²) in [4.78, 5) is 20.5. The first-order valence-electron chi connectivity index (χ1n) is 5.72.